The van der Waals surface area contributed by atoms with E-state index in [9.17, 15) is 4.79 Å². The first kappa shape index (κ1) is 18.1. The molecule has 5 heteroatoms. The number of aliphatic carboxylic acids is 1. The monoisotopic (exact) mass is 357 g/mol. The number of quaternary nitrogens is 1. The number of hydrogen-bond acceptors (Lipinski definition) is 2. The van der Waals surface area contributed by atoms with E-state index < -0.39 is 5.97 Å². The lowest BCUT2D eigenvalue weighted by Gasteiger charge is -2.26. The van der Waals surface area contributed by atoms with Crippen molar-refractivity contribution in [3.63, 3.8) is 0 Å². The molecule has 0 bridgehead atoms. The number of carboxylic acids is 1. The molecule has 1 aliphatic heterocycles. The molecular formula is C16H24BrNO3. The zero-order valence-electron chi connectivity index (χ0n) is 12.9. The van der Waals surface area contributed by atoms with Gasteiger partial charge in [0.2, 0.25) is 0 Å². The van der Waals surface area contributed by atoms with Crippen molar-refractivity contribution >= 4 is 11.7 Å². The topological polar surface area (TPSA) is 51.0 Å². The third-order valence-corrected chi connectivity index (χ3v) is 4.55. The lowest BCUT2D eigenvalue weighted by Crippen LogP contribution is -3.11. The minimum atomic E-state index is -0.807. The van der Waals surface area contributed by atoms with Gasteiger partial charge in [-0.3, -0.25) is 9.69 Å². The summed E-state index contributed by atoms with van der Waals surface area (Å²) >= 11 is 0. The van der Waals surface area contributed by atoms with Crippen LogP contribution in [0.15, 0.2) is 24.3 Å². The Morgan fingerprint density at radius 1 is 1.33 bits per heavy atom. The molecule has 1 heterocycles. The number of hydrogen-bond donors (Lipinski definition) is 2. The van der Waals surface area contributed by atoms with Crippen molar-refractivity contribution in [1.82, 2.24) is 0 Å². The average molecular weight is 358 g/mol. The highest BCUT2D eigenvalue weighted by Gasteiger charge is 2.45. The van der Waals surface area contributed by atoms with E-state index in [0.29, 0.717) is 19.3 Å². The van der Waals surface area contributed by atoms with Gasteiger partial charge >= 0.3 is 5.97 Å². The van der Waals surface area contributed by atoms with Crippen LogP contribution in [0.4, 0.5) is 5.69 Å². The van der Waals surface area contributed by atoms with Crippen LogP contribution < -0.4 is 21.9 Å². The Morgan fingerprint density at radius 3 is 2.67 bits per heavy atom. The third-order valence-electron chi connectivity index (χ3n) is 4.55. The highest BCUT2D eigenvalue weighted by molar-refractivity contribution is 5.66. The number of carboxylic acid groups (broad SMARTS) is 1. The van der Waals surface area contributed by atoms with Gasteiger partial charge in [-0.1, -0.05) is 18.2 Å². The lowest BCUT2D eigenvalue weighted by atomic mass is 9.81. The number of fused-ring (bicyclic) bond motifs is 1. The molecule has 0 aromatic heterocycles. The van der Waals surface area contributed by atoms with Crippen LogP contribution in [0.1, 0.15) is 32.8 Å². The van der Waals surface area contributed by atoms with Crippen molar-refractivity contribution in [2.45, 2.75) is 38.6 Å². The molecule has 0 amide bonds. The predicted molar refractivity (Wildman–Crippen MR) is 77.5 cm³/mol. The first-order chi connectivity index (χ1) is 9.44. The zero-order valence-corrected chi connectivity index (χ0v) is 14.4. The van der Waals surface area contributed by atoms with Crippen molar-refractivity contribution in [3.8, 4) is 0 Å². The molecule has 2 N–H and O–H groups in total. The molecule has 1 aromatic rings. The van der Waals surface area contributed by atoms with Gasteiger partial charge in [0.15, 0.2) is 0 Å². The van der Waals surface area contributed by atoms with Crippen LogP contribution in [-0.4, -0.2) is 36.9 Å². The number of carbonyl (C=O) groups is 1. The van der Waals surface area contributed by atoms with Gasteiger partial charge in [-0.15, -0.1) is 0 Å². The second kappa shape index (κ2) is 7.38. The molecule has 2 unspecified atom stereocenters. The van der Waals surface area contributed by atoms with Gasteiger partial charge in [-0.2, -0.15) is 0 Å². The summed E-state index contributed by atoms with van der Waals surface area (Å²) in [5, 5.41) is 8.58. The highest BCUT2D eigenvalue weighted by atomic mass is 79.9. The number of benzene rings is 1. The molecule has 0 aliphatic carbocycles. The minimum absolute atomic E-state index is 0. The van der Waals surface area contributed by atoms with E-state index >= 15 is 0 Å². The maximum absolute atomic E-state index is 10.4. The van der Waals surface area contributed by atoms with Crippen LogP contribution in [0.2, 0.25) is 0 Å². The molecule has 2 rings (SSSR count). The Labute approximate surface area is 136 Å². The van der Waals surface area contributed by atoms with Crippen LogP contribution in [0.25, 0.3) is 0 Å². The van der Waals surface area contributed by atoms with Crippen LogP contribution >= 0.6 is 0 Å². The quantitative estimate of drug-likeness (QED) is 0.601. The fourth-order valence-electron chi connectivity index (χ4n) is 3.02. The predicted octanol–water partition coefficient (Wildman–Crippen LogP) is -1.62. The normalized spacial score (nSPS) is 22.4. The molecule has 2 atom stereocenters. The van der Waals surface area contributed by atoms with E-state index in [-0.39, 0.29) is 28.8 Å². The molecule has 0 saturated heterocycles. The lowest BCUT2D eigenvalue weighted by molar-refractivity contribution is -0.856. The molecule has 118 valence electrons. The number of para-hydroxylation sites is 1. The van der Waals surface area contributed by atoms with Crippen molar-refractivity contribution in [2.75, 3.05) is 19.8 Å². The van der Waals surface area contributed by atoms with Gasteiger partial charge in [-0.25, -0.2) is 0 Å². The maximum Gasteiger partial charge on any atom is 0.305 e. The van der Waals surface area contributed by atoms with E-state index in [0.717, 1.165) is 6.54 Å². The Bertz CT molecular complexity index is 490. The second-order valence-corrected chi connectivity index (χ2v) is 6.02. The third kappa shape index (κ3) is 3.84. The molecule has 4 nitrogen and oxygen atoms in total. The van der Waals surface area contributed by atoms with E-state index in [2.05, 4.69) is 45.0 Å². The van der Waals surface area contributed by atoms with Crippen molar-refractivity contribution < 1.29 is 36.5 Å². The molecule has 1 aliphatic rings. The number of halogens is 1. The summed E-state index contributed by atoms with van der Waals surface area (Å²) in [4.78, 5) is 11.9. The van der Waals surface area contributed by atoms with Gasteiger partial charge < -0.3 is 26.8 Å². The van der Waals surface area contributed by atoms with Crippen LogP contribution in [0.3, 0.4) is 0 Å². The number of ether oxygens (including phenoxy) is 1. The van der Waals surface area contributed by atoms with Gasteiger partial charge in [-0.05, 0) is 26.8 Å². The van der Waals surface area contributed by atoms with Crippen molar-refractivity contribution in [1.29, 1.82) is 0 Å². The van der Waals surface area contributed by atoms with E-state index in [4.69, 9.17) is 9.84 Å². The van der Waals surface area contributed by atoms with Crippen molar-refractivity contribution in [2.24, 2.45) is 0 Å². The molecule has 0 fully saturated rings. The van der Waals surface area contributed by atoms with Gasteiger partial charge in [0.05, 0.1) is 25.7 Å². The zero-order chi connectivity index (χ0) is 14.8. The van der Waals surface area contributed by atoms with Crippen LogP contribution in [0.5, 0.6) is 0 Å². The first-order valence-corrected chi connectivity index (χ1v) is 7.19. The second-order valence-electron chi connectivity index (χ2n) is 6.02. The summed E-state index contributed by atoms with van der Waals surface area (Å²) in [5.74, 6) is -0.807. The average Bonchev–Trinajstić information content (AvgIpc) is 2.59. The molecule has 0 saturated carbocycles. The summed E-state index contributed by atoms with van der Waals surface area (Å²) in [6.45, 7) is 8.61. The van der Waals surface area contributed by atoms with Gasteiger partial charge in [0.1, 0.15) is 12.2 Å². The van der Waals surface area contributed by atoms with Gasteiger partial charge in [0.25, 0.3) is 0 Å². The number of rotatable bonds is 6. The fraction of sp³-hybridized carbons (Fsp3) is 0.562. The Morgan fingerprint density at radius 2 is 2.00 bits per heavy atom. The van der Waals surface area contributed by atoms with Crippen LogP contribution in [0, 0.1) is 0 Å². The highest BCUT2D eigenvalue weighted by Crippen LogP contribution is 2.35. The summed E-state index contributed by atoms with van der Waals surface area (Å²) in [5.41, 5.74) is 2.92. The Kier molecular flexibility index (Phi) is 6.38. The SMILES string of the molecule is CC1[NH+](CCOCCC(=O)O)c2ccccc2C1(C)C.[Br-]. The van der Waals surface area contributed by atoms with Gasteiger partial charge in [0, 0.05) is 11.0 Å². The largest absolute Gasteiger partial charge is 1.00 e. The summed E-state index contributed by atoms with van der Waals surface area (Å²) in [7, 11) is 0. The Balaban J connectivity index is 0.00000220. The summed E-state index contributed by atoms with van der Waals surface area (Å²) in [6, 6.07) is 9.07. The number of nitrogens with one attached hydrogen (secondary N) is 1. The Hall–Kier alpha value is -0.910. The molecule has 0 spiro atoms. The minimum Gasteiger partial charge on any atom is -1.00 e. The molecule has 21 heavy (non-hydrogen) atoms. The molecule has 1 aromatic carbocycles. The van der Waals surface area contributed by atoms with Crippen LogP contribution in [-0.2, 0) is 14.9 Å². The van der Waals surface area contributed by atoms with E-state index in [1.54, 1.807) is 0 Å². The summed E-state index contributed by atoms with van der Waals surface area (Å²) in [6.07, 6.45) is 0.0764. The van der Waals surface area contributed by atoms with Crippen molar-refractivity contribution in [3.05, 3.63) is 29.8 Å². The smallest absolute Gasteiger partial charge is 0.305 e. The maximum atomic E-state index is 10.4. The summed E-state index contributed by atoms with van der Waals surface area (Å²) < 4.78 is 5.44. The molecule has 0 radical (unpaired) electrons. The first-order valence-electron chi connectivity index (χ1n) is 7.19. The fourth-order valence-corrected chi connectivity index (χ4v) is 3.02. The van der Waals surface area contributed by atoms with E-state index in [1.165, 1.54) is 16.2 Å². The standard InChI is InChI=1S/C16H23NO3.BrH/c1-12-16(2,3)13-6-4-5-7-14(13)17(12)9-11-20-10-8-15(18)19;/h4-7,12H,8-11H2,1-3H3,(H,18,19);1H. The van der Waals surface area contributed by atoms with E-state index in [1.807, 2.05) is 0 Å². The molecular weight excluding hydrogens is 334 g/mol.